The number of hydrogen-bond donors (Lipinski definition) is 2. The van der Waals surface area contributed by atoms with Crippen molar-refractivity contribution in [1.29, 1.82) is 0 Å². The fraction of sp³-hybridized carbons (Fsp3) is 0.917. The monoisotopic (exact) mass is 250 g/mol. The number of carbonyl (C=O) groups excluding carboxylic acids is 1. The van der Waals surface area contributed by atoms with Crippen LogP contribution in [0.4, 0.5) is 0 Å². The van der Waals surface area contributed by atoms with E-state index in [9.17, 15) is 4.79 Å². The van der Waals surface area contributed by atoms with E-state index in [0.29, 0.717) is 30.8 Å². The normalized spacial score (nSPS) is 14.1. The SMILES string of the molecule is CCC(CC(=O)NCC(C)NC)C(C)C.Cl. The molecule has 0 aromatic heterocycles. The maximum atomic E-state index is 11.6. The summed E-state index contributed by atoms with van der Waals surface area (Å²) < 4.78 is 0. The van der Waals surface area contributed by atoms with Gasteiger partial charge in [-0.05, 0) is 25.8 Å². The van der Waals surface area contributed by atoms with Gasteiger partial charge in [-0.15, -0.1) is 12.4 Å². The topological polar surface area (TPSA) is 41.1 Å². The highest BCUT2D eigenvalue weighted by atomic mass is 35.5. The molecular formula is C12H27ClN2O. The largest absolute Gasteiger partial charge is 0.355 e. The highest BCUT2D eigenvalue weighted by Crippen LogP contribution is 2.18. The molecule has 16 heavy (non-hydrogen) atoms. The fourth-order valence-corrected chi connectivity index (χ4v) is 1.53. The van der Waals surface area contributed by atoms with Crippen molar-refractivity contribution in [2.24, 2.45) is 11.8 Å². The van der Waals surface area contributed by atoms with Crippen molar-refractivity contribution in [3.05, 3.63) is 0 Å². The summed E-state index contributed by atoms with van der Waals surface area (Å²) in [5.74, 6) is 1.27. The maximum absolute atomic E-state index is 11.6. The zero-order chi connectivity index (χ0) is 11.8. The summed E-state index contributed by atoms with van der Waals surface area (Å²) in [7, 11) is 1.90. The predicted molar refractivity (Wildman–Crippen MR) is 72.0 cm³/mol. The zero-order valence-electron chi connectivity index (χ0n) is 11.2. The van der Waals surface area contributed by atoms with Crippen LogP contribution in [0.2, 0.25) is 0 Å². The van der Waals surface area contributed by atoms with E-state index < -0.39 is 0 Å². The third kappa shape index (κ3) is 7.94. The van der Waals surface area contributed by atoms with E-state index in [4.69, 9.17) is 0 Å². The Morgan fingerprint density at radius 1 is 1.25 bits per heavy atom. The molecule has 0 aliphatic carbocycles. The zero-order valence-corrected chi connectivity index (χ0v) is 12.0. The molecule has 0 heterocycles. The van der Waals surface area contributed by atoms with Crippen molar-refractivity contribution in [1.82, 2.24) is 10.6 Å². The molecule has 98 valence electrons. The molecule has 0 aromatic carbocycles. The number of halogens is 1. The van der Waals surface area contributed by atoms with Crippen molar-refractivity contribution >= 4 is 18.3 Å². The van der Waals surface area contributed by atoms with Gasteiger partial charge in [0, 0.05) is 19.0 Å². The van der Waals surface area contributed by atoms with Gasteiger partial charge in [-0.3, -0.25) is 4.79 Å². The van der Waals surface area contributed by atoms with Crippen molar-refractivity contribution in [3.63, 3.8) is 0 Å². The molecule has 0 aromatic rings. The van der Waals surface area contributed by atoms with Gasteiger partial charge in [0.05, 0.1) is 0 Å². The first-order chi connectivity index (χ1) is 7.01. The molecule has 0 saturated carbocycles. The summed E-state index contributed by atoms with van der Waals surface area (Å²) in [6.07, 6.45) is 1.73. The molecule has 4 heteroatoms. The second-order valence-corrected chi connectivity index (χ2v) is 4.61. The van der Waals surface area contributed by atoms with Crippen molar-refractivity contribution in [2.75, 3.05) is 13.6 Å². The molecule has 0 fully saturated rings. The molecule has 2 N–H and O–H groups in total. The van der Waals surface area contributed by atoms with Crippen LogP contribution in [0.25, 0.3) is 0 Å². The predicted octanol–water partition coefficient (Wildman–Crippen LogP) is 2.20. The number of hydrogen-bond acceptors (Lipinski definition) is 2. The van der Waals surface area contributed by atoms with E-state index in [-0.39, 0.29) is 18.3 Å². The minimum atomic E-state index is 0. The summed E-state index contributed by atoms with van der Waals surface area (Å²) in [6, 6.07) is 0.341. The number of carbonyl (C=O) groups is 1. The molecule has 0 radical (unpaired) electrons. The average molecular weight is 251 g/mol. The van der Waals surface area contributed by atoms with Crippen LogP contribution in [-0.4, -0.2) is 25.5 Å². The average Bonchev–Trinajstić information content (AvgIpc) is 2.21. The molecule has 0 aliphatic rings. The van der Waals surface area contributed by atoms with Crippen LogP contribution in [0.3, 0.4) is 0 Å². The maximum Gasteiger partial charge on any atom is 0.220 e. The Bertz CT molecular complexity index is 186. The van der Waals surface area contributed by atoms with E-state index in [0.717, 1.165) is 6.42 Å². The molecule has 0 aliphatic heterocycles. The van der Waals surface area contributed by atoms with Crippen molar-refractivity contribution in [2.45, 2.75) is 46.6 Å². The van der Waals surface area contributed by atoms with Gasteiger partial charge in [-0.1, -0.05) is 27.2 Å². The lowest BCUT2D eigenvalue weighted by Gasteiger charge is -2.19. The summed E-state index contributed by atoms with van der Waals surface area (Å²) in [5.41, 5.74) is 0. The number of likely N-dealkylation sites (N-methyl/N-ethyl adjacent to an activating group) is 1. The van der Waals surface area contributed by atoms with Gasteiger partial charge in [-0.2, -0.15) is 0 Å². The van der Waals surface area contributed by atoms with E-state index >= 15 is 0 Å². The molecule has 3 nitrogen and oxygen atoms in total. The number of amides is 1. The van der Waals surface area contributed by atoms with Gasteiger partial charge >= 0.3 is 0 Å². The van der Waals surface area contributed by atoms with Gasteiger partial charge in [0.15, 0.2) is 0 Å². The molecule has 0 bridgehead atoms. The van der Waals surface area contributed by atoms with Crippen molar-refractivity contribution < 1.29 is 4.79 Å². The van der Waals surface area contributed by atoms with Gasteiger partial charge in [-0.25, -0.2) is 0 Å². The minimum absolute atomic E-state index is 0. The van der Waals surface area contributed by atoms with Gasteiger partial charge in [0.2, 0.25) is 5.91 Å². The molecule has 1 amide bonds. The first-order valence-corrected chi connectivity index (χ1v) is 5.95. The molecule has 2 atom stereocenters. The third-order valence-corrected chi connectivity index (χ3v) is 3.01. The molecule has 0 rings (SSSR count). The Labute approximate surface area is 106 Å². The van der Waals surface area contributed by atoms with Crippen LogP contribution in [0.15, 0.2) is 0 Å². The Hall–Kier alpha value is -0.280. The van der Waals surface area contributed by atoms with Gasteiger partial charge in [0.1, 0.15) is 0 Å². The summed E-state index contributed by atoms with van der Waals surface area (Å²) in [5, 5.41) is 6.05. The quantitative estimate of drug-likeness (QED) is 0.728. The van der Waals surface area contributed by atoms with Crippen LogP contribution in [0, 0.1) is 11.8 Å². The van der Waals surface area contributed by atoms with E-state index in [1.165, 1.54) is 0 Å². The summed E-state index contributed by atoms with van der Waals surface area (Å²) in [6.45, 7) is 9.27. The van der Waals surface area contributed by atoms with Crippen LogP contribution in [0.5, 0.6) is 0 Å². The second-order valence-electron chi connectivity index (χ2n) is 4.61. The Morgan fingerprint density at radius 3 is 2.19 bits per heavy atom. The highest BCUT2D eigenvalue weighted by molar-refractivity contribution is 5.85. The smallest absolute Gasteiger partial charge is 0.220 e. The van der Waals surface area contributed by atoms with E-state index in [1.54, 1.807) is 0 Å². The second kappa shape index (κ2) is 9.91. The Balaban J connectivity index is 0. The van der Waals surface area contributed by atoms with Crippen LogP contribution < -0.4 is 10.6 Å². The third-order valence-electron chi connectivity index (χ3n) is 3.01. The van der Waals surface area contributed by atoms with E-state index in [1.807, 2.05) is 7.05 Å². The lowest BCUT2D eigenvalue weighted by Crippen LogP contribution is -2.38. The molecule has 2 unspecified atom stereocenters. The first-order valence-electron chi connectivity index (χ1n) is 5.95. The van der Waals surface area contributed by atoms with E-state index in [2.05, 4.69) is 38.3 Å². The number of nitrogens with one attached hydrogen (secondary N) is 2. The summed E-state index contributed by atoms with van der Waals surface area (Å²) >= 11 is 0. The standard InChI is InChI=1S/C12H26N2O.ClH/c1-6-11(9(2)3)7-12(15)14-8-10(4)13-5;/h9-11,13H,6-8H2,1-5H3,(H,14,15);1H. The Morgan fingerprint density at radius 2 is 1.81 bits per heavy atom. The highest BCUT2D eigenvalue weighted by Gasteiger charge is 2.15. The van der Waals surface area contributed by atoms with Crippen molar-refractivity contribution in [3.8, 4) is 0 Å². The lowest BCUT2D eigenvalue weighted by molar-refractivity contribution is -0.122. The summed E-state index contributed by atoms with van der Waals surface area (Å²) in [4.78, 5) is 11.6. The van der Waals surface area contributed by atoms with Gasteiger partial charge < -0.3 is 10.6 Å². The van der Waals surface area contributed by atoms with Crippen LogP contribution in [0.1, 0.15) is 40.5 Å². The minimum Gasteiger partial charge on any atom is -0.355 e. The molecule has 0 saturated heterocycles. The number of rotatable bonds is 7. The van der Waals surface area contributed by atoms with Gasteiger partial charge in [0.25, 0.3) is 0 Å². The fourth-order valence-electron chi connectivity index (χ4n) is 1.53. The van der Waals surface area contributed by atoms with Crippen LogP contribution in [-0.2, 0) is 4.79 Å². The molecule has 0 spiro atoms. The molecular weight excluding hydrogens is 224 g/mol. The lowest BCUT2D eigenvalue weighted by atomic mass is 9.90. The Kier molecular flexibility index (Phi) is 11.2. The first kappa shape index (κ1) is 18.1. The van der Waals surface area contributed by atoms with Crippen LogP contribution >= 0.6 is 12.4 Å².